The topological polar surface area (TPSA) is 24.9 Å². The van der Waals surface area contributed by atoms with Crippen molar-refractivity contribution in [2.24, 2.45) is 0 Å². The van der Waals surface area contributed by atoms with Crippen molar-refractivity contribution in [2.75, 3.05) is 5.32 Å². The van der Waals surface area contributed by atoms with Gasteiger partial charge in [0.1, 0.15) is 5.82 Å². The van der Waals surface area contributed by atoms with Crippen molar-refractivity contribution in [1.82, 2.24) is 4.98 Å². The van der Waals surface area contributed by atoms with Crippen LogP contribution in [-0.4, -0.2) is 11.0 Å². The van der Waals surface area contributed by atoms with Gasteiger partial charge in [-0.05, 0) is 30.4 Å². The summed E-state index contributed by atoms with van der Waals surface area (Å²) in [6.45, 7) is 4.39. The second kappa shape index (κ2) is 4.65. The minimum atomic E-state index is 0.568. The highest BCUT2D eigenvalue weighted by Gasteiger charge is 2.14. The van der Waals surface area contributed by atoms with Crippen LogP contribution < -0.4 is 5.32 Å². The lowest BCUT2D eigenvalue weighted by Crippen LogP contribution is -2.15. The zero-order valence-electron chi connectivity index (χ0n) is 9.66. The molecule has 1 fully saturated rings. The van der Waals surface area contributed by atoms with Crippen LogP contribution in [-0.2, 0) is 0 Å². The molecule has 1 N–H and O–H groups in total. The third-order valence-corrected chi connectivity index (χ3v) is 3.16. The van der Waals surface area contributed by atoms with E-state index in [4.69, 9.17) is 0 Å². The minimum absolute atomic E-state index is 0.568. The van der Waals surface area contributed by atoms with Crippen molar-refractivity contribution in [2.45, 2.75) is 51.5 Å². The second-order valence-electron chi connectivity index (χ2n) is 4.76. The summed E-state index contributed by atoms with van der Waals surface area (Å²) < 4.78 is 0. The summed E-state index contributed by atoms with van der Waals surface area (Å²) in [7, 11) is 0. The smallest absolute Gasteiger partial charge is 0.126 e. The largest absolute Gasteiger partial charge is 0.367 e. The first-order valence-corrected chi connectivity index (χ1v) is 5.98. The van der Waals surface area contributed by atoms with Crippen LogP contribution in [0.3, 0.4) is 0 Å². The number of pyridine rings is 1. The van der Waals surface area contributed by atoms with Crippen molar-refractivity contribution >= 4 is 5.82 Å². The Labute approximate surface area is 92.1 Å². The van der Waals surface area contributed by atoms with Gasteiger partial charge in [-0.1, -0.05) is 32.8 Å². The Balaban J connectivity index is 1.97. The number of nitrogens with one attached hydrogen (secondary N) is 1. The van der Waals surface area contributed by atoms with Gasteiger partial charge in [-0.3, -0.25) is 0 Å². The molecule has 2 heteroatoms. The molecule has 2 nitrogen and oxygen atoms in total. The zero-order chi connectivity index (χ0) is 10.7. The number of nitrogens with zero attached hydrogens (tertiary/aromatic N) is 1. The molecule has 82 valence electrons. The van der Waals surface area contributed by atoms with Crippen LogP contribution in [0, 0.1) is 0 Å². The normalized spacial score (nSPS) is 17.3. The minimum Gasteiger partial charge on any atom is -0.367 e. The van der Waals surface area contributed by atoms with Gasteiger partial charge in [0.05, 0.1) is 0 Å². The van der Waals surface area contributed by atoms with E-state index < -0.39 is 0 Å². The molecule has 0 radical (unpaired) electrons. The third kappa shape index (κ3) is 2.71. The number of aromatic nitrogens is 1. The quantitative estimate of drug-likeness (QED) is 0.814. The fourth-order valence-corrected chi connectivity index (χ4v) is 2.11. The Morgan fingerprint density at radius 1 is 1.27 bits per heavy atom. The van der Waals surface area contributed by atoms with E-state index in [1.807, 2.05) is 6.20 Å². The van der Waals surface area contributed by atoms with Gasteiger partial charge in [-0.25, -0.2) is 4.98 Å². The molecule has 1 aromatic rings. The number of hydrogen-bond acceptors (Lipinski definition) is 2. The summed E-state index contributed by atoms with van der Waals surface area (Å²) in [6.07, 6.45) is 7.31. The summed E-state index contributed by atoms with van der Waals surface area (Å²) >= 11 is 0. The molecule has 1 aliphatic carbocycles. The van der Waals surface area contributed by atoms with Gasteiger partial charge in [0, 0.05) is 12.2 Å². The van der Waals surface area contributed by atoms with E-state index in [0.29, 0.717) is 12.0 Å². The SMILES string of the molecule is CC(C)c1ccc(NC2CCCC2)nc1. The van der Waals surface area contributed by atoms with E-state index >= 15 is 0 Å². The van der Waals surface area contributed by atoms with Gasteiger partial charge >= 0.3 is 0 Å². The maximum absolute atomic E-state index is 4.45. The molecule has 1 aliphatic rings. The molecule has 0 spiro atoms. The molecule has 0 aliphatic heterocycles. The van der Waals surface area contributed by atoms with Gasteiger partial charge in [0.25, 0.3) is 0 Å². The van der Waals surface area contributed by atoms with E-state index in [-0.39, 0.29) is 0 Å². The van der Waals surface area contributed by atoms with E-state index in [9.17, 15) is 0 Å². The third-order valence-electron chi connectivity index (χ3n) is 3.16. The predicted molar refractivity (Wildman–Crippen MR) is 64.2 cm³/mol. The highest BCUT2D eigenvalue weighted by Crippen LogP contribution is 2.22. The van der Waals surface area contributed by atoms with Crippen LogP contribution >= 0.6 is 0 Å². The van der Waals surface area contributed by atoms with Crippen molar-refractivity contribution in [3.05, 3.63) is 23.9 Å². The van der Waals surface area contributed by atoms with Gasteiger partial charge in [-0.2, -0.15) is 0 Å². The lowest BCUT2D eigenvalue weighted by molar-refractivity contribution is 0.749. The van der Waals surface area contributed by atoms with Crippen LogP contribution in [0.15, 0.2) is 18.3 Å². The lowest BCUT2D eigenvalue weighted by Gasteiger charge is -2.13. The predicted octanol–water partition coefficient (Wildman–Crippen LogP) is 3.56. The monoisotopic (exact) mass is 204 g/mol. The van der Waals surface area contributed by atoms with Gasteiger partial charge in [0.2, 0.25) is 0 Å². The Bertz CT molecular complexity index is 297. The average Bonchev–Trinajstić information content (AvgIpc) is 2.71. The molecule has 0 bridgehead atoms. The lowest BCUT2D eigenvalue weighted by atomic mass is 10.1. The highest BCUT2D eigenvalue weighted by molar-refractivity contribution is 5.37. The van der Waals surface area contributed by atoms with Crippen LogP contribution in [0.1, 0.15) is 51.0 Å². The van der Waals surface area contributed by atoms with Crippen molar-refractivity contribution in [3.8, 4) is 0 Å². The number of rotatable bonds is 3. The van der Waals surface area contributed by atoms with Crippen molar-refractivity contribution < 1.29 is 0 Å². The van der Waals surface area contributed by atoms with E-state index in [2.05, 4.69) is 36.3 Å². The second-order valence-corrected chi connectivity index (χ2v) is 4.76. The van der Waals surface area contributed by atoms with Crippen molar-refractivity contribution in [1.29, 1.82) is 0 Å². The molecule has 0 unspecified atom stereocenters. The molecular weight excluding hydrogens is 184 g/mol. The average molecular weight is 204 g/mol. The summed E-state index contributed by atoms with van der Waals surface area (Å²) in [5.41, 5.74) is 1.31. The first kappa shape index (κ1) is 10.5. The number of anilines is 1. The Morgan fingerprint density at radius 2 is 2.00 bits per heavy atom. The van der Waals surface area contributed by atoms with E-state index in [1.165, 1.54) is 31.2 Å². The molecule has 15 heavy (non-hydrogen) atoms. The molecule has 1 aromatic heterocycles. The van der Waals surface area contributed by atoms with Gasteiger partial charge < -0.3 is 5.32 Å². The van der Waals surface area contributed by atoms with Crippen LogP contribution in [0.4, 0.5) is 5.82 Å². The summed E-state index contributed by atoms with van der Waals surface area (Å²) in [5.74, 6) is 1.60. The molecule has 2 rings (SSSR count). The molecule has 0 atom stereocenters. The maximum Gasteiger partial charge on any atom is 0.126 e. The molecule has 0 saturated heterocycles. The standard InChI is InChI=1S/C13H20N2/c1-10(2)11-7-8-13(14-9-11)15-12-5-3-4-6-12/h7-10,12H,3-6H2,1-2H3,(H,14,15). The number of hydrogen-bond donors (Lipinski definition) is 1. The Hall–Kier alpha value is -1.05. The molecule has 1 heterocycles. The Morgan fingerprint density at radius 3 is 2.53 bits per heavy atom. The molecule has 0 aromatic carbocycles. The van der Waals surface area contributed by atoms with Crippen molar-refractivity contribution in [3.63, 3.8) is 0 Å². The van der Waals surface area contributed by atoms with Gasteiger partial charge in [0.15, 0.2) is 0 Å². The maximum atomic E-state index is 4.45. The summed E-state index contributed by atoms with van der Waals surface area (Å²) in [5, 5.41) is 3.50. The Kier molecular flexibility index (Phi) is 3.24. The fourth-order valence-electron chi connectivity index (χ4n) is 2.11. The molecule has 0 amide bonds. The van der Waals surface area contributed by atoms with E-state index in [0.717, 1.165) is 5.82 Å². The van der Waals surface area contributed by atoms with Crippen LogP contribution in [0.2, 0.25) is 0 Å². The van der Waals surface area contributed by atoms with Crippen LogP contribution in [0.25, 0.3) is 0 Å². The fraction of sp³-hybridized carbons (Fsp3) is 0.615. The first-order valence-electron chi connectivity index (χ1n) is 5.98. The zero-order valence-corrected chi connectivity index (χ0v) is 9.66. The van der Waals surface area contributed by atoms with E-state index in [1.54, 1.807) is 0 Å². The molecular formula is C13H20N2. The molecule has 1 saturated carbocycles. The van der Waals surface area contributed by atoms with Crippen LogP contribution in [0.5, 0.6) is 0 Å². The highest BCUT2D eigenvalue weighted by atomic mass is 15.0. The summed E-state index contributed by atoms with van der Waals surface area (Å²) in [4.78, 5) is 4.45. The summed E-state index contributed by atoms with van der Waals surface area (Å²) in [6, 6.07) is 4.94. The first-order chi connectivity index (χ1) is 7.25. The van der Waals surface area contributed by atoms with Gasteiger partial charge in [-0.15, -0.1) is 0 Å².